The highest BCUT2D eigenvalue weighted by Crippen LogP contribution is 2.34. The minimum Gasteiger partial charge on any atom is -0.271 e. The Labute approximate surface area is 116 Å². The minimum absolute atomic E-state index is 0.205. The van der Waals surface area contributed by atoms with Crippen LogP contribution in [0.2, 0.25) is 0 Å². The molecule has 18 heavy (non-hydrogen) atoms. The molecule has 3 unspecified atom stereocenters. The van der Waals surface area contributed by atoms with Crippen LogP contribution in [0.15, 0.2) is 22.7 Å². The molecule has 0 heterocycles. The van der Waals surface area contributed by atoms with Crippen molar-refractivity contribution in [2.75, 3.05) is 0 Å². The molecule has 0 bridgehead atoms. The highest BCUT2D eigenvalue weighted by Gasteiger charge is 2.28. The molecule has 0 radical (unpaired) electrons. The van der Waals surface area contributed by atoms with Crippen LogP contribution in [0, 0.1) is 17.7 Å². The summed E-state index contributed by atoms with van der Waals surface area (Å²) in [5.41, 5.74) is 3.90. The van der Waals surface area contributed by atoms with Crippen molar-refractivity contribution in [1.29, 1.82) is 0 Å². The summed E-state index contributed by atoms with van der Waals surface area (Å²) < 4.78 is 14.0. The Morgan fingerprint density at radius 3 is 2.89 bits per heavy atom. The Balaban J connectivity index is 2.08. The molecule has 0 aliphatic heterocycles. The summed E-state index contributed by atoms with van der Waals surface area (Å²) in [5.74, 6) is 6.85. The highest BCUT2D eigenvalue weighted by atomic mass is 79.9. The Hall–Kier alpha value is -0.450. The number of nitrogens with one attached hydrogen (secondary N) is 1. The van der Waals surface area contributed by atoms with Crippen molar-refractivity contribution in [2.45, 2.75) is 38.6 Å². The Morgan fingerprint density at radius 2 is 2.28 bits per heavy atom. The van der Waals surface area contributed by atoms with E-state index in [1.807, 2.05) is 6.07 Å². The lowest BCUT2D eigenvalue weighted by molar-refractivity contribution is 0.352. The van der Waals surface area contributed by atoms with Crippen LogP contribution in [-0.2, 0) is 6.42 Å². The van der Waals surface area contributed by atoms with Crippen molar-refractivity contribution in [3.8, 4) is 0 Å². The van der Waals surface area contributed by atoms with Crippen molar-refractivity contribution in [2.24, 2.45) is 17.7 Å². The van der Waals surface area contributed by atoms with E-state index in [9.17, 15) is 4.39 Å². The fourth-order valence-electron chi connectivity index (χ4n) is 2.92. The number of nitrogens with two attached hydrogens (primary N) is 1. The quantitative estimate of drug-likeness (QED) is 0.660. The van der Waals surface area contributed by atoms with Crippen molar-refractivity contribution >= 4 is 15.9 Å². The molecule has 0 saturated heterocycles. The van der Waals surface area contributed by atoms with Gasteiger partial charge in [-0.2, -0.15) is 0 Å². The standard InChI is InChI=1S/C14H20BrFN2/c1-9-5-6-10(7-9)13(18-17)8-11-3-2-4-12(16)14(11)15/h2-4,9-10,13,18H,5-8,17H2,1H3. The van der Waals surface area contributed by atoms with Gasteiger partial charge in [-0.05, 0) is 58.7 Å². The SMILES string of the molecule is CC1CCC(C(Cc2cccc(F)c2Br)NN)C1. The molecule has 100 valence electrons. The van der Waals surface area contributed by atoms with E-state index in [-0.39, 0.29) is 11.9 Å². The van der Waals surface area contributed by atoms with Gasteiger partial charge in [0.15, 0.2) is 0 Å². The number of hydrazine groups is 1. The van der Waals surface area contributed by atoms with Gasteiger partial charge in [-0.3, -0.25) is 11.3 Å². The summed E-state index contributed by atoms with van der Waals surface area (Å²) in [5, 5.41) is 0. The van der Waals surface area contributed by atoms with Crippen molar-refractivity contribution in [1.82, 2.24) is 5.43 Å². The molecule has 2 rings (SSSR count). The van der Waals surface area contributed by atoms with Gasteiger partial charge in [-0.15, -0.1) is 0 Å². The molecule has 1 aromatic rings. The van der Waals surface area contributed by atoms with Crippen LogP contribution in [0.5, 0.6) is 0 Å². The molecular formula is C14H20BrFN2. The van der Waals surface area contributed by atoms with Crippen molar-refractivity contribution in [3.05, 3.63) is 34.1 Å². The van der Waals surface area contributed by atoms with E-state index in [4.69, 9.17) is 5.84 Å². The van der Waals surface area contributed by atoms with Crippen molar-refractivity contribution < 1.29 is 4.39 Å². The number of hydrogen-bond acceptors (Lipinski definition) is 2. The third kappa shape index (κ3) is 3.11. The summed E-state index contributed by atoms with van der Waals surface area (Å²) in [6.45, 7) is 2.28. The first-order chi connectivity index (χ1) is 8.61. The number of benzene rings is 1. The van der Waals surface area contributed by atoms with E-state index in [0.717, 1.165) is 17.9 Å². The zero-order valence-electron chi connectivity index (χ0n) is 10.6. The maximum absolute atomic E-state index is 13.5. The Bertz CT molecular complexity index is 411. The monoisotopic (exact) mass is 314 g/mol. The van der Waals surface area contributed by atoms with E-state index in [0.29, 0.717) is 10.4 Å². The third-order valence-corrected chi connectivity index (χ3v) is 4.88. The van der Waals surface area contributed by atoms with Gasteiger partial charge >= 0.3 is 0 Å². The third-order valence-electron chi connectivity index (χ3n) is 3.99. The fourth-order valence-corrected chi connectivity index (χ4v) is 3.35. The second kappa shape index (κ2) is 6.13. The van der Waals surface area contributed by atoms with Gasteiger partial charge in [-0.25, -0.2) is 4.39 Å². The Morgan fingerprint density at radius 1 is 1.50 bits per heavy atom. The van der Waals surface area contributed by atoms with Crippen LogP contribution in [-0.4, -0.2) is 6.04 Å². The molecular weight excluding hydrogens is 295 g/mol. The van der Waals surface area contributed by atoms with Gasteiger partial charge in [0, 0.05) is 6.04 Å². The molecule has 1 saturated carbocycles. The molecule has 0 spiro atoms. The van der Waals surface area contributed by atoms with Crippen LogP contribution in [0.25, 0.3) is 0 Å². The van der Waals surface area contributed by atoms with Gasteiger partial charge in [-0.1, -0.05) is 25.5 Å². The molecule has 0 aromatic heterocycles. The van der Waals surface area contributed by atoms with Gasteiger partial charge in [0.2, 0.25) is 0 Å². The highest BCUT2D eigenvalue weighted by molar-refractivity contribution is 9.10. The number of rotatable bonds is 4. The fraction of sp³-hybridized carbons (Fsp3) is 0.571. The average Bonchev–Trinajstić information content (AvgIpc) is 2.78. The lowest BCUT2D eigenvalue weighted by Gasteiger charge is -2.23. The van der Waals surface area contributed by atoms with Gasteiger partial charge in [0.25, 0.3) is 0 Å². The molecule has 3 atom stereocenters. The summed E-state index contributed by atoms with van der Waals surface area (Å²) in [6.07, 6.45) is 4.46. The summed E-state index contributed by atoms with van der Waals surface area (Å²) >= 11 is 3.31. The Kier molecular flexibility index (Phi) is 4.76. The number of hydrogen-bond donors (Lipinski definition) is 2. The predicted octanol–water partition coefficient (Wildman–Crippen LogP) is 3.40. The molecule has 2 nitrogen and oxygen atoms in total. The molecule has 1 aliphatic carbocycles. The molecule has 0 amide bonds. The minimum atomic E-state index is -0.205. The van der Waals surface area contributed by atoms with E-state index in [2.05, 4.69) is 28.3 Å². The van der Waals surface area contributed by atoms with Crippen LogP contribution in [0.3, 0.4) is 0 Å². The van der Waals surface area contributed by atoms with E-state index in [1.165, 1.54) is 25.3 Å². The molecule has 4 heteroatoms. The maximum Gasteiger partial charge on any atom is 0.137 e. The van der Waals surface area contributed by atoms with E-state index in [1.54, 1.807) is 6.07 Å². The largest absolute Gasteiger partial charge is 0.271 e. The summed E-state index contributed by atoms with van der Waals surface area (Å²) in [6, 6.07) is 5.40. The molecule has 1 aromatic carbocycles. The van der Waals surface area contributed by atoms with Crippen LogP contribution in [0.1, 0.15) is 31.7 Å². The normalized spacial score (nSPS) is 25.3. The summed E-state index contributed by atoms with van der Waals surface area (Å²) in [4.78, 5) is 0. The van der Waals surface area contributed by atoms with Crippen molar-refractivity contribution in [3.63, 3.8) is 0 Å². The van der Waals surface area contributed by atoms with Gasteiger partial charge < -0.3 is 0 Å². The topological polar surface area (TPSA) is 38.0 Å². The second-order valence-corrected chi connectivity index (χ2v) is 6.16. The number of halogens is 2. The molecule has 1 aliphatic rings. The van der Waals surface area contributed by atoms with Crippen LogP contribution >= 0.6 is 15.9 Å². The molecule has 3 N–H and O–H groups in total. The first kappa shape index (κ1) is 14.0. The predicted molar refractivity (Wildman–Crippen MR) is 75.4 cm³/mol. The average molecular weight is 315 g/mol. The van der Waals surface area contributed by atoms with Gasteiger partial charge in [0.05, 0.1) is 4.47 Å². The first-order valence-electron chi connectivity index (χ1n) is 6.50. The first-order valence-corrected chi connectivity index (χ1v) is 7.30. The lowest BCUT2D eigenvalue weighted by Crippen LogP contribution is -2.41. The smallest absolute Gasteiger partial charge is 0.137 e. The second-order valence-electron chi connectivity index (χ2n) is 5.37. The van der Waals surface area contributed by atoms with Crippen LogP contribution in [0.4, 0.5) is 4.39 Å². The molecule has 1 fully saturated rings. The van der Waals surface area contributed by atoms with Gasteiger partial charge in [0.1, 0.15) is 5.82 Å². The summed E-state index contributed by atoms with van der Waals surface area (Å²) in [7, 11) is 0. The maximum atomic E-state index is 13.5. The lowest BCUT2D eigenvalue weighted by atomic mass is 9.92. The zero-order valence-corrected chi connectivity index (χ0v) is 12.2. The van der Waals surface area contributed by atoms with Crippen LogP contribution < -0.4 is 11.3 Å². The zero-order chi connectivity index (χ0) is 13.1. The van der Waals surface area contributed by atoms with E-state index >= 15 is 0 Å². The van der Waals surface area contributed by atoms with E-state index < -0.39 is 0 Å².